The summed E-state index contributed by atoms with van der Waals surface area (Å²) in [5.41, 5.74) is 4.00. The minimum absolute atomic E-state index is 0.0736. The van der Waals surface area contributed by atoms with Gasteiger partial charge in [0.2, 0.25) is 0 Å². The summed E-state index contributed by atoms with van der Waals surface area (Å²) in [4.78, 5) is 19.4. The first-order valence-electron chi connectivity index (χ1n) is 12.2. The van der Waals surface area contributed by atoms with Crippen LogP contribution in [0.4, 0.5) is 5.69 Å². The Kier molecular flexibility index (Phi) is 6.65. The van der Waals surface area contributed by atoms with Gasteiger partial charge in [0, 0.05) is 38.5 Å². The molecule has 0 spiro atoms. The highest BCUT2D eigenvalue weighted by molar-refractivity contribution is 5.88. The molecule has 3 aromatic rings. The number of anilines is 1. The van der Waals surface area contributed by atoms with Gasteiger partial charge in [-0.15, -0.1) is 0 Å². The molecule has 1 fully saturated rings. The van der Waals surface area contributed by atoms with E-state index in [2.05, 4.69) is 67.9 Å². The lowest BCUT2D eigenvalue weighted by molar-refractivity contribution is 0.110. The molecular formula is C28H34N4O2. The zero-order valence-electron chi connectivity index (χ0n) is 20.8. The first kappa shape index (κ1) is 23.8. The van der Waals surface area contributed by atoms with E-state index in [4.69, 9.17) is 4.74 Å². The molecule has 2 aromatic heterocycles. The van der Waals surface area contributed by atoms with Crippen molar-refractivity contribution in [3.05, 3.63) is 64.1 Å². The van der Waals surface area contributed by atoms with E-state index in [0.29, 0.717) is 17.1 Å². The maximum atomic E-state index is 12.6. The van der Waals surface area contributed by atoms with Crippen LogP contribution in [0.15, 0.2) is 47.3 Å². The van der Waals surface area contributed by atoms with E-state index in [-0.39, 0.29) is 17.1 Å². The van der Waals surface area contributed by atoms with Crippen LogP contribution in [0.5, 0.6) is 5.75 Å². The zero-order valence-corrected chi connectivity index (χ0v) is 20.8. The fourth-order valence-electron chi connectivity index (χ4n) is 4.76. The summed E-state index contributed by atoms with van der Waals surface area (Å²) >= 11 is 0. The van der Waals surface area contributed by atoms with Gasteiger partial charge < -0.3 is 14.2 Å². The third-order valence-corrected chi connectivity index (χ3v) is 7.52. The smallest absolute Gasteiger partial charge is 0.252 e. The number of nitrogens with zero attached hydrogens (tertiary/aromatic N) is 4. The molecular weight excluding hydrogens is 424 g/mol. The van der Waals surface area contributed by atoms with Crippen molar-refractivity contribution in [3.8, 4) is 11.8 Å². The normalized spacial score (nSPS) is 18.6. The summed E-state index contributed by atoms with van der Waals surface area (Å²) in [7, 11) is 1.74. The SMILES string of the molecule is CCC1CN(c2cc(=O)n(C)c3ccc(C#N)nc23)CCC1Oc1ccc(C(C)(C)CC)cc1. The van der Waals surface area contributed by atoms with Crippen LogP contribution in [0.25, 0.3) is 11.0 Å². The van der Waals surface area contributed by atoms with Gasteiger partial charge in [-0.2, -0.15) is 5.26 Å². The first-order chi connectivity index (χ1) is 16.3. The van der Waals surface area contributed by atoms with E-state index in [1.54, 1.807) is 23.7 Å². The minimum Gasteiger partial charge on any atom is -0.490 e. The van der Waals surface area contributed by atoms with E-state index < -0.39 is 0 Å². The molecule has 1 aromatic carbocycles. The van der Waals surface area contributed by atoms with Gasteiger partial charge in [-0.25, -0.2) is 4.98 Å². The quantitative estimate of drug-likeness (QED) is 0.509. The molecule has 3 heterocycles. The second-order valence-corrected chi connectivity index (χ2v) is 9.92. The number of benzene rings is 1. The molecule has 6 heteroatoms. The van der Waals surface area contributed by atoms with Gasteiger partial charge in [0.05, 0.1) is 11.2 Å². The van der Waals surface area contributed by atoms with E-state index in [9.17, 15) is 10.1 Å². The lowest BCUT2D eigenvalue weighted by atomic mass is 9.82. The molecule has 34 heavy (non-hydrogen) atoms. The number of ether oxygens (including phenoxy) is 1. The summed E-state index contributed by atoms with van der Waals surface area (Å²) in [6.07, 6.45) is 3.04. The average Bonchev–Trinajstić information content (AvgIpc) is 2.86. The largest absolute Gasteiger partial charge is 0.490 e. The Hall–Kier alpha value is -3.33. The number of pyridine rings is 2. The molecule has 0 amide bonds. The number of nitriles is 1. The van der Waals surface area contributed by atoms with Gasteiger partial charge in [0.1, 0.15) is 29.1 Å². The van der Waals surface area contributed by atoms with E-state index >= 15 is 0 Å². The standard InChI is InChI=1S/C28H34N4O2/c1-6-19-18-32(24-16-26(33)31(5)23-13-10-21(17-29)30-27(23)24)15-14-25(19)34-22-11-8-20(9-12-22)28(3,4)7-2/h8-13,16,19,25H,6-7,14-15,18H2,1-5H3. The summed E-state index contributed by atoms with van der Waals surface area (Å²) < 4.78 is 8.05. The average molecular weight is 459 g/mol. The van der Waals surface area contributed by atoms with Gasteiger partial charge in [0.15, 0.2) is 0 Å². The first-order valence-corrected chi connectivity index (χ1v) is 12.2. The molecule has 6 nitrogen and oxygen atoms in total. The fraction of sp³-hybridized carbons (Fsp3) is 0.464. The van der Waals surface area contributed by atoms with Crippen LogP contribution in [0.2, 0.25) is 0 Å². The molecule has 0 aliphatic carbocycles. The fourth-order valence-corrected chi connectivity index (χ4v) is 4.76. The molecule has 4 rings (SSSR count). The van der Waals surface area contributed by atoms with Crippen molar-refractivity contribution in [2.45, 2.75) is 58.5 Å². The van der Waals surface area contributed by atoms with Crippen LogP contribution in [-0.4, -0.2) is 28.7 Å². The lowest BCUT2D eigenvalue weighted by Crippen LogP contribution is -2.46. The Bertz CT molecular complexity index is 1270. The number of fused-ring (bicyclic) bond motifs is 1. The molecule has 1 aliphatic rings. The van der Waals surface area contributed by atoms with Gasteiger partial charge in [-0.05, 0) is 48.1 Å². The van der Waals surface area contributed by atoms with Gasteiger partial charge >= 0.3 is 0 Å². The topological polar surface area (TPSA) is 71.2 Å². The highest BCUT2D eigenvalue weighted by Gasteiger charge is 2.31. The molecule has 2 atom stereocenters. The molecule has 2 unspecified atom stereocenters. The molecule has 1 saturated heterocycles. The van der Waals surface area contributed by atoms with Crippen LogP contribution >= 0.6 is 0 Å². The Morgan fingerprint density at radius 1 is 1.18 bits per heavy atom. The monoisotopic (exact) mass is 458 g/mol. The Labute approximate surface area is 201 Å². The molecule has 1 aliphatic heterocycles. The second-order valence-electron chi connectivity index (χ2n) is 9.92. The highest BCUT2D eigenvalue weighted by Crippen LogP contribution is 2.33. The van der Waals surface area contributed by atoms with Crippen molar-refractivity contribution in [1.29, 1.82) is 5.26 Å². The summed E-state index contributed by atoms with van der Waals surface area (Å²) in [6.45, 7) is 10.5. The van der Waals surface area contributed by atoms with Crippen LogP contribution in [0.1, 0.15) is 58.2 Å². The lowest BCUT2D eigenvalue weighted by Gasteiger charge is -2.39. The summed E-state index contributed by atoms with van der Waals surface area (Å²) in [5, 5.41) is 9.34. The Balaban J connectivity index is 1.57. The van der Waals surface area contributed by atoms with Crippen molar-refractivity contribution in [2.24, 2.45) is 13.0 Å². The predicted molar refractivity (Wildman–Crippen MR) is 136 cm³/mol. The molecule has 178 valence electrons. The van der Waals surface area contributed by atoms with Crippen molar-refractivity contribution < 1.29 is 4.74 Å². The number of aromatic nitrogens is 2. The van der Waals surface area contributed by atoms with Crippen molar-refractivity contribution >= 4 is 16.7 Å². The number of rotatable bonds is 6. The highest BCUT2D eigenvalue weighted by atomic mass is 16.5. The van der Waals surface area contributed by atoms with E-state index in [1.165, 1.54) is 5.56 Å². The van der Waals surface area contributed by atoms with Crippen LogP contribution < -0.4 is 15.2 Å². The van der Waals surface area contributed by atoms with Crippen molar-refractivity contribution in [1.82, 2.24) is 9.55 Å². The maximum absolute atomic E-state index is 12.6. The summed E-state index contributed by atoms with van der Waals surface area (Å²) in [5.74, 6) is 1.23. The number of aryl methyl sites for hydroxylation is 1. The zero-order chi connectivity index (χ0) is 24.5. The molecule has 0 saturated carbocycles. The maximum Gasteiger partial charge on any atom is 0.252 e. The van der Waals surface area contributed by atoms with E-state index in [0.717, 1.165) is 49.3 Å². The van der Waals surface area contributed by atoms with Crippen molar-refractivity contribution in [2.75, 3.05) is 18.0 Å². The molecule has 0 bridgehead atoms. The number of hydrogen-bond acceptors (Lipinski definition) is 5. The summed E-state index contributed by atoms with van der Waals surface area (Å²) in [6, 6.07) is 15.8. The van der Waals surface area contributed by atoms with Crippen LogP contribution in [0, 0.1) is 17.2 Å². The Morgan fingerprint density at radius 3 is 2.56 bits per heavy atom. The van der Waals surface area contributed by atoms with Gasteiger partial charge in [-0.1, -0.05) is 39.8 Å². The molecule has 0 radical (unpaired) electrons. The van der Waals surface area contributed by atoms with Gasteiger partial charge in [0.25, 0.3) is 5.56 Å². The number of hydrogen-bond donors (Lipinski definition) is 0. The van der Waals surface area contributed by atoms with E-state index in [1.807, 2.05) is 6.07 Å². The molecule has 0 N–H and O–H groups in total. The Morgan fingerprint density at radius 2 is 1.91 bits per heavy atom. The third-order valence-electron chi connectivity index (χ3n) is 7.52. The van der Waals surface area contributed by atoms with Crippen LogP contribution in [0.3, 0.4) is 0 Å². The minimum atomic E-state index is -0.0736. The van der Waals surface area contributed by atoms with Crippen LogP contribution in [-0.2, 0) is 12.5 Å². The second kappa shape index (κ2) is 9.50. The van der Waals surface area contributed by atoms with Crippen molar-refractivity contribution in [3.63, 3.8) is 0 Å². The van der Waals surface area contributed by atoms with Gasteiger partial charge in [-0.3, -0.25) is 4.79 Å². The predicted octanol–water partition coefficient (Wildman–Crippen LogP) is 5.18. The number of piperidine rings is 1. The third kappa shape index (κ3) is 4.52.